The number of nitrogen functional groups attached to an aromatic ring is 1. The highest BCUT2D eigenvalue weighted by Crippen LogP contribution is 2.22. The predicted molar refractivity (Wildman–Crippen MR) is 96.5 cm³/mol. The monoisotopic (exact) mass is 318 g/mol. The van der Waals surface area contributed by atoms with E-state index >= 15 is 0 Å². The van der Waals surface area contributed by atoms with Crippen molar-refractivity contribution in [3.8, 4) is 11.1 Å². The number of carbonyl (C=O) groups excluding carboxylic acids is 1. The van der Waals surface area contributed by atoms with Gasteiger partial charge in [0.25, 0.3) is 0 Å². The maximum atomic E-state index is 11.8. The molecule has 0 aliphatic carbocycles. The van der Waals surface area contributed by atoms with Gasteiger partial charge >= 0.3 is 6.09 Å². The summed E-state index contributed by atoms with van der Waals surface area (Å²) in [5, 5.41) is 2.72. The number of nitrogens with two attached hydrogens (primary N) is 1. The number of benzene rings is 3. The highest BCUT2D eigenvalue weighted by molar-refractivity contribution is 5.85. The summed E-state index contributed by atoms with van der Waals surface area (Å²) < 4.78 is 5.20. The minimum Gasteiger partial charge on any atom is -0.444 e. The lowest BCUT2D eigenvalue weighted by atomic mass is 10.1. The second-order valence-electron chi connectivity index (χ2n) is 5.39. The van der Waals surface area contributed by atoms with Crippen molar-refractivity contribution in [1.82, 2.24) is 0 Å². The Bertz CT molecular complexity index is 797. The van der Waals surface area contributed by atoms with Crippen LogP contribution >= 0.6 is 0 Å². The number of hydrogen-bond acceptors (Lipinski definition) is 3. The van der Waals surface area contributed by atoms with Crippen LogP contribution in [-0.4, -0.2) is 6.09 Å². The Morgan fingerprint density at radius 1 is 0.833 bits per heavy atom. The van der Waals surface area contributed by atoms with Crippen molar-refractivity contribution < 1.29 is 9.53 Å². The molecule has 0 fully saturated rings. The number of rotatable bonds is 4. The van der Waals surface area contributed by atoms with Gasteiger partial charge in [0.1, 0.15) is 6.61 Å². The smallest absolute Gasteiger partial charge is 0.411 e. The van der Waals surface area contributed by atoms with Gasteiger partial charge in [0.05, 0.1) is 0 Å². The Hall–Kier alpha value is -3.27. The number of anilines is 2. The zero-order chi connectivity index (χ0) is 16.8. The van der Waals surface area contributed by atoms with Gasteiger partial charge in [-0.15, -0.1) is 0 Å². The molecule has 24 heavy (non-hydrogen) atoms. The normalized spacial score (nSPS) is 10.2. The first kappa shape index (κ1) is 15.6. The summed E-state index contributed by atoms with van der Waals surface area (Å²) in [5.74, 6) is 0. The van der Waals surface area contributed by atoms with Gasteiger partial charge in [0.2, 0.25) is 0 Å². The van der Waals surface area contributed by atoms with E-state index in [0.29, 0.717) is 5.69 Å². The molecule has 0 spiro atoms. The van der Waals surface area contributed by atoms with Gasteiger partial charge in [-0.3, -0.25) is 5.32 Å². The van der Waals surface area contributed by atoms with Crippen molar-refractivity contribution in [1.29, 1.82) is 0 Å². The van der Waals surface area contributed by atoms with Crippen LogP contribution in [0.5, 0.6) is 0 Å². The van der Waals surface area contributed by atoms with Crippen LogP contribution in [0.2, 0.25) is 0 Å². The highest BCUT2D eigenvalue weighted by Gasteiger charge is 2.04. The first-order valence-electron chi connectivity index (χ1n) is 7.64. The predicted octanol–water partition coefficient (Wildman–Crippen LogP) is 4.68. The number of ether oxygens (including phenoxy) is 1. The minimum absolute atomic E-state index is 0.246. The van der Waals surface area contributed by atoms with Gasteiger partial charge in [0, 0.05) is 11.4 Å². The SMILES string of the molecule is Nc1ccc(-c2ccc(NC(=O)OCc3ccccc3)cc2)cc1. The summed E-state index contributed by atoms with van der Waals surface area (Å²) >= 11 is 0. The van der Waals surface area contributed by atoms with E-state index in [-0.39, 0.29) is 6.61 Å². The van der Waals surface area contributed by atoms with Gasteiger partial charge in [-0.1, -0.05) is 54.6 Å². The number of hydrogen-bond donors (Lipinski definition) is 2. The molecular formula is C20H18N2O2. The fourth-order valence-electron chi connectivity index (χ4n) is 2.30. The molecule has 0 aliphatic heterocycles. The summed E-state index contributed by atoms with van der Waals surface area (Å²) in [6, 6.07) is 24.8. The van der Waals surface area contributed by atoms with Crippen LogP contribution in [0.4, 0.5) is 16.2 Å². The average molecular weight is 318 g/mol. The Balaban J connectivity index is 1.57. The third-order valence-electron chi connectivity index (χ3n) is 3.59. The van der Waals surface area contributed by atoms with Gasteiger partial charge in [-0.25, -0.2) is 4.79 Å². The zero-order valence-corrected chi connectivity index (χ0v) is 13.1. The maximum Gasteiger partial charge on any atom is 0.411 e. The molecule has 0 aromatic heterocycles. The van der Waals surface area contributed by atoms with E-state index < -0.39 is 6.09 Å². The summed E-state index contributed by atoms with van der Waals surface area (Å²) in [7, 11) is 0. The Kier molecular flexibility index (Phi) is 4.77. The minimum atomic E-state index is -0.473. The topological polar surface area (TPSA) is 64.3 Å². The zero-order valence-electron chi connectivity index (χ0n) is 13.1. The van der Waals surface area contributed by atoms with E-state index in [1.165, 1.54) is 0 Å². The molecule has 3 N–H and O–H groups in total. The van der Waals surface area contributed by atoms with E-state index in [1.807, 2.05) is 78.9 Å². The number of nitrogens with one attached hydrogen (secondary N) is 1. The van der Waals surface area contributed by atoms with Crippen LogP contribution < -0.4 is 11.1 Å². The largest absolute Gasteiger partial charge is 0.444 e. The Labute approximate surface area is 140 Å². The summed E-state index contributed by atoms with van der Waals surface area (Å²) in [6.45, 7) is 0.246. The van der Waals surface area contributed by atoms with Crippen molar-refractivity contribution in [3.63, 3.8) is 0 Å². The van der Waals surface area contributed by atoms with Gasteiger partial charge in [-0.05, 0) is 41.0 Å². The van der Waals surface area contributed by atoms with Crippen molar-refractivity contribution in [2.45, 2.75) is 6.61 Å². The molecule has 0 saturated carbocycles. The molecule has 0 aliphatic rings. The standard InChI is InChI=1S/C20H18N2O2/c21-18-10-6-16(7-11-18)17-8-12-19(13-9-17)22-20(23)24-14-15-4-2-1-3-5-15/h1-13H,14,21H2,(H,22,23). The summed E-state index contributed by atoms with van der Waals surface area (Å²) in [4.78, 5) is 11.8. The van der Waals surface area contributed by atoms with Crippen molar-refractivity contribution in [2.75, 3.05) is 11.1 Å². The van der Waals surface area contributed by atoms with Gasteiger partial charge < -0.3 is 10.5 Å². The van der Waals surface area contributed by atoms with Crippen LogP contribution in [0, 0.1) is 0 Å². The molecule has 0 bridgehead atoms. The van der Waals surface area contributed by atoms with Crippen molar-refractivity contribution in [2.24, 2.45) is 0 Å². The highest BCUT2D eigenvalue weighted by atomic mass is 16.5. The van der Waals surface area contributed by atoms with E-state index in [0.717, 1.165) is 22.4 Å². The van der Waals surface area contributed by atoms with Crippen LogP contribution in [0.25, 0.3) is 11.1 Å². The molecule has 3 aromatic carbocycles. The molecule has 3 rings (SSSR count). The molecule has 0 radical (unpaired) electrons. The first-order valence-corrected chi connectivity index (χ1v) is 7.64. The van der Waals surface area contributed by atoms with Gasteiger partial charge in [0.15, 0.2) is 0 Å². The summed E-state index contributed by atoms with van der Waals surface area (Å²) in [6.07, 6.45) is -0.473. The lowest BCUT2D eigenvalue weighted by molar-refractivity contribution is 0.155. The maximum absolute atomic E-state index is 11.8. The van der Waals surface area contributed by atoms with E-state index in [2.05, 4.69) is 5.32 Å². The quantitative estimate of drug-likeness (QED) is 0.686. The Morgan fingerprint density at radius 3 is 2.04 bits per heavy atom. The number of carbonyl (C=O) groups is 1. The molecule has 0 saturated heterocycles. The third kappa shape index (κ3) is 4.14. The molecule has 4 heteroatoms. The number of amides is 1. The molecule has 3 aromatic rings. The molecular weight excluding hydrogens is 300 g/mol. The van der Waals surface area contributed by atoms with Crippen molar-refractivity contribution in [3.05, 3.63) is 84.4 Å². The van der Waals surface area contributed by atoms with Crippen LogP contribution in [0.3, 0.4) is 0 Å². The molecule has 1 amide bonds. The van der Waals surface area contributed by atoms with Crippen LogP contribution in [0.15, 0.2) is 78.9 Å². The van der Waals surface area contributed by atoms with E-state index in [1.54, 1.807) is 0 Å². The van der Waals surface area contributed by atoms with E-state index in [9.17, 15) is 4.79 Å². The molecule has 0 heterocycles. The van der Waals surface area contributed by atoms with E-state index in [4.69, 9.17) is 10.5 Å². The second kappa shape index (κ2) is 7.33. The fraction of sp³-hybridized carbons (Fsp3) is 0.0500. The molecule has 4 nitrogen and oxygen atoms in total. The van der Waals surface area contributed by atoms with Crippen molar-refractivity contribution >= 4 is 17.5 Å². The molecule has 0 atom stereocenters. The third-order valence-corrected chi connectivity index (χ3v) is 3.59. The fourth-order valence-corrected chi connectivity index (χ4v) is 2.30. The second-order valence-corrected chi connectivity index (χ2v) is 5.39. The first-order chi connectivity index (χ1) is 11.7. The molecule has 120 valence electrons. The molecule has 0 unspecified atom stereocenters. The van der Waals surface area contributed by atoms with Crippen LogP contribution in [0.1, 0.15) is 5.56 Å². The lowest BCUT2D eigenvalue weighted by Crippen LogP contribution is -2.13. The summed E-state index contributed by atoms with van der Waals surface area (Å²) in [5.41, 5.74) is 10.2. The van der Waals surface area contributed by atoms with Gasteiger partial charge in [-0.2, -0.15) is 0 Å². The average Bonchev–Trinajstić information content (AvgIpc) is 2.62. The Morgan fingerprint density at radius 2 is 1.42 bits per heavy atom. The lowest BCUT2D eigenvalue weighted by Gasteiger charge is -2.08. The van der Waals surface area contributed by atoms with Crippen LogP contribution in [-0.2, 0) is 11.3 Å².